The summed E-state index contributed by atoms with van der Waals surface area (Å²) in [7, 11) is 3.21. The molecule has 0 aromatic carbocycles. The number of pyridine rings is 1. The molecule has 1 aliphatic carbocycles. The molecule has 0 atom stereocenters. The average molecular weight is 450 g/mol. The minimum absolute atomic E-state index is 0.106. The predicted molar refractivity (Wildman–Crippen MR) is 126 cm³/mol. The summed E-state index contributed by atoms with van der Waals surface area (Å²) < 4.78 is 19.1. The molecule has 32 heavy (non-hydrogen) atoms. The Morgan fingerprint density at radius 1 is 1.25 bits per heavy atom. The normalized spacial score (nSPS) is 15.8. The largest absolute Gasteiger partial charge is 0.443 e. The minimum Gasteiger partial charge on any atom is -0.443 e. The fraction of sp³-hybridized carbons (Fsp3) is 0.667. The van der Waals surface area contributed by atoms with Gasteiger partial charge in [-0.05, 0) is 51.2 Å². The first-order valence-electron chi connectivity index (χ1n) is 11.5. The molecule has 0 bridgehead atoms. The molecule has 1 aromatic rings. The number of nitrogens with zero attached hydrogens (tertiary/aromatic N) is 3. The summed E-state index contributed by atoms with van der Waals surface area (Å²) in [6.45, 7) is 5.10. The number of hydrogen-bond donors (Lipinski definition) is 2. The molecule has 8 heteroatoms. The molecule has 180 valence electrons. The highest BCUT2D eigenvalue weighted by molar-refractivity contribution is 5.68. The fourth-order valence-corrected chi connectivity index (χ4v) is 3.94. The highest BCUT2D eigenvalue weighted by Crippen LogP contribution is 2.28. The highest BCUT2D eigenvalue weighted by atomic mass is 19.1. The lowest BCUT2D eigenvalue weighted by molar-refractivity contribution is 0.104. The van der Waals surface area contributed by atoms with Crippen LogP contribution in [0.1, 0.15) is 69.3 Å². The van der Waals surface area contributed by atoms with Gasteiger partial charge in [-0.3, -0.25) is 4.98 Å². The van der Waals surface area contributed by atoms with Crippen LogP contribution in [-0.4, -0.2) is 53.9 Å². The lowest BCUT2D eigenvalue weighted by Gasteiger charge is -2.24. The first-order chi connectivity index (χ1) is 15.0. The summed E-state index contributed by atoms with van der Waals surface area (Å²) >= 11 is 0. The maximum Gasteiger partial charge on any atom is 0.409 e. The molecule has 0 spiro atoms. The Labute approximate surface area is 191 Å². The Morgan fingerprint density at radius 3 is 2.47 bits per heavy atom. The maximum absolute atomic E-state index is 13.7. The third-order valence-electron chi connectivity index (χ3n) is 6.13. The van der Waals surface area contributed by atoms with Crippen molar-refractivity contribution in [1.82, 2.24) is 14.9 Å². The molecule has 2 rings (SSSR count). The van der Waals surface area contributed by atoms with E-state index >= 15 is 0 Å². The molecule has 0 unspecified atom stereocenters. The number of aryl methyl sites for hydroxylation is 1. The average Bonchev–Trinajstić information content (AvgIpc) is 2.73. The number of amides is 1. The number of hydrazine groups is 1. The quantitative estimate of drug-likeness (QED) is 0.434. The molecule has 1 heterocycles. The number of alkyl halides is 1. The van der Waals surface area contributed by atoms with Crippen LogP contribution in [0.5, 0.6) is 0 Å². The van der Waals surface area contributed by atoms with Crippen molar-refractivity contribution in [3.05, 3.63) is 34.8 Å². The zero-order valence-corrected chi connectivity index (χ0v) is 20.3. The van der Waals surface area contributed by atoms with E-state index < -0.39 is 11.8 Å². The van der Waals surface area contributed by atoms with Crippen LogP contribution in [0, 0.1) is 12.8 Å². The van der Waals surface area contributed by atoms with Gasteiger partial charge in [0, 0.05) is 26.3 Å². The summed E-state index contributed by atoms with van der Waals surface area (Å²) in [4.78, 5) is 18.3. The monoisotopic (exact) mass is 449 g/mol. The molecule has 0 aliphatic heterocycles. The minimum atomic E-state index is -1.35. The van der Waals surface area contributed by atoms with E-state index in [1.165, 1.54) is 61.4 Å². The van der Waals surface area contributed by atoms with E-state index in [0.29, 0.717) is 17.1 Å². The lowest BCUT2D eigenvalue weighted by atomic mass is 9.84. The molecular weight excluding hydrogens is 409 g/mol. The Balaban J connectivity index is 2.06. The number of hydrogen-bond acceptors (Lipinski definition) is 6. The van der Waals surface area contributed by atoms with Crippen LogP contribution < -0.4 is 11.6 Å². The molecular formula is C24H40FN5O2. The predicted octanol–water partition coefficient (Wildman–Crippen LogP) is 4.15. The van der Waals surface area contributed by atoms with E-state index in [4.69, 9.17) is 21.3 Å². The second-order valence-corrected chi connectivity index (χ2v) is 9.57. The maximum atomic E-state index is 13.7. The third kappa shape index (κ3) is 7.97. The molecule has 1 amide bonds. The SMILES string of the molecule is Cc1nc(/C(N)=C(\COC(=O)N(C)CCC(C)(C)F)N(C)N)ccc1CC1CCCCC1. The van der Waals surface area contributed by atoms with Crippen molar-refractivity contribution in [3.63, 3.8) is 0 Å². The van der Waals surface area contributed by atoms with Gasteiger partial charge in [-0.1, -0.05) is 38.2 Å². The summed E-state index contributed by atoms with van der Waals surface area (Å²) in [5, 5.41) is 1.33. The van der Waals surface area contributed by atoms with Crippen LogP contribution in [0.4, 0.5) is 9.18 Å². The first-order valence-corrected chi connectivity index (χ1v) is 11.5. The van der Waals surface area contributed by atoms with Crippen LogP contribution in [0.2, 0.25) is 0 Å². The van der Waals surface area contributed by atoms with Gasteiger partial charge in [0.25, 0.3) is 0 Å². The van der Waals surface area contributed by atoms with E-state index in [0.717, 1.165) is 18.0 Å². The van der Waals surface area contributed by atoms with Gasteiger partial charge in [0.1, 0.15) is 12.3 Å². The fourth-order valence-electron chi connectivity index (χ4n) is 3.94. The number of likely N-dealkylation sites (N-methyl/N-ethyl adjacent to an activating group) is 1. The zero-order chi connectivity index (χ0) is 23.9. The van der Waals surface area contributed by atoms with E-state index in [9.17, 15) is 9.18 Å². The Hall–Kier alpha value is -2.35. The van der Waals surface area contributed by atoms with Gasteiger partial charge in [0.15, 0.2) is 0 Å². The van der Waals surface area contributed by atoms with Gasteiger partial charge < -0.3 is 20.4 Å². The van der Waals surface area contributed by atoms with Crippen LogP contribution in [0.25, 0.3) is 5.70 Å². The van der Waals surface area contributed by atoms with Crippen molar-refractivity contribution in [2.24, 2.45) is 17.5 Å². The number of carbonyl (C=O) groups is 1. The molecule has 1 aliphatic rings. The van der Waals surface area contributed by atoms with Gasteiger partial charge in [0.2, 0.25) is 0 Å². The summed E-state index contributed by atoms with van der Waals surface area (Å²) in [5.74, 6) is 6.69. The molecule has 0 radical (unpaired) electrons. The van der Waals surface area contributed by atoms with Crippen LogP contribution in [0.15, 0.2) is 17.8 Å². The number of nitrogens with two attached hydrogens (primary N) is 2. The number of carbonyl (C=O) groups excluding carboxylic acids is 1. The number of halogens is 1. The van der Waals surface area contributed by atoms with Crippen LogP contribution >= 0.6 is 0 Å². The third-order valence-corrected chi connectivity index (χ3v) is 6.13. The van der Waals surface area contributed by atoms with Crippen LogP contribution in [-0.2, 0) is 11.2 Å². The number of ether oxygens (including phenoxy) is 1. The summed E-state index contributed by atoms with van der Waals surface area (Å²) in [6.07, 6.45) is 7.25. The van der Waals surface area contributed by atoms with Crippen molar-refractivity contribution in [1.29, 1.82) is 0 Å². The van der Waals surface area contributed by atoms with Gasteiger partial charge in [-0.2, -0.15) is 0 Å². The van der Waals surface area contributed by atoms with Crippen LogP contribution in [0.3, 0.4) is 0 Å². The van der Waals surface area contributed by atoms with E-state index in [1.54, 1.807) is 14.1 Å². The Morgan fingerprint density at radius 2 is 1.91 bits per heavy atom. The molecule has 0 saturated heterocycles. The Bertz CT molecular complexity index is 798. The van der Waals surface area contributed by atoms with E-state index in [2.05, 4.69) is 6.07 Å². The van der Waals surface area contributed by atoms with E-state index in [1.807, 2.05) is 13.0 Å². The summed E-state index contributed by atoms with van der Waals surface area (Å²) in [5.41, 5.74) is 8.63. The van der Waals surface area contributed by atoms with Crippen molar-refractivity contribution in [3.8, 4) is 0 Å². The molecule has 1 saturated carbocycles. The molecule has 7 nitrogen and oxygen atoms in total. The van der Waals surface area contributed by atoms with Crippen molar-refractivity contribution >= 4 is 11.8 Å². The topological polar surface area (TPSA) is 97.7 Å². The van der Waals surface area contributed by atoms with Gasteiger partial charge >= 0.3 is 6.09 Å². The lowest BCUT2D eigenvalue weighted by Crippen LogP contribution is -2.35. The highest BCUT2D eigenvalue weighted by Gasteiger charge is 2.21. The Kier molecular flexibility index (Phi) is 9.31. The standard InChI is InChI=1S/C24H40FN5O2/c1-17-19(15-18-9-7-6-8-10-18)11-12-20(28-17)22(26)21(30(5)27)16-32-23(31)29(4)14-13-24(2,3)25/h11-12,18H,6-10,13-16,26-27H2,1-5H3/b22-21-. The van der Waals surface area contributed by atoms with Crippen molar-refractivity contribution in [2.75, 3.05) is 27.2 Å². The van der Waals surface area contributed by atoms with Gasteiger partial charge in [-0.25, -0.2) is 15.0 Å². The zero-order valence-electron chi connectivity index (χ0n) is 20.3. The molecule has 4 N–H and O–H groups in total. The van der Waals surface area contributed by atoms with Crippen molar-refractivity contribution in [2.45, 2.75) is 71.4 Å². The number of aromatic nitrogens is 1. The van der Waals surface area contributed by atoms with Gasteiger partial charge in [0.05, 0.1) is 17.1 Å². The van der Waals surface area contributed by atoms with Gasteiger partial charge in [-0.15, -0.1) is 0 Å². The summed E-state index contributed by atoms with van der Waals surface area (Å²) in [6, 6.07) is 3.99. The smallest absolute Gasteiger partial charge is 0.409 e. The second-order valence-electron chi connectivity index (χ2n) is 9.57. The van der Waals surface area contributed by atoms with Crippen molar-refractivity contribution < 1.29 is 13.9 Å². The molecule has 1 aromatic heterocycles. The first kappa shape index (κ1) is 25.9. The number of rotatable bonds is 9. The van der Waals surface area contributed by atoms with E-state index in [-0.39, 0.29) is 19.6 Å². The second kappa shape index (κ2) is 11.5. The molecule has 1 fully saturated rings.